The third-order valence-corrected chi connectivity index (χ3v) is 4.65. The first-order chi connectivity index (χ1) is 6.41. The number of nitrogens with one attached hydrogen (secondary N) is 1. The predicted molar refractivity (Wildman–Crippen MR) is 60.9 cm³/mol. The molecule has 0 aromatic rings. The van der Waals surface area contributed by atoms with Crippen molar-refractivity contribution in [1.82, 2.24) is 5.32 Å². The molecule has 1 unspecified atom stereocenters. The molecule has 7 heteroatoms. The molecule has 0 bridgehead atoms. The van der Waals surface area contributed by atoms with Crippen LogP contribution < -0.4 is 5.32 Å². The Kier molecular flexibility index (Phi) is 4.68. The minimum Gasteiger partial charge on any atom is -0.355 e. The van der Waals surface area contributed by atoms with E-state index in [0.29, 0.717) is 12.2 Å². The normalized spacial score (nSPS) is 26.6. The summed E-state index contributed by atoms with van der Waals surface area (Å²) >= 11 is 13.6. The molecular weight excluding hydrogens is 271 g/mol. The van der Waals surface area contributed by atoms with Gasteiger partial charge in [0, 0.05) is 12.6 Å². The molecule has 0 saturated heterocycles. The Bertz CT molecular complexity index is 212. The molecular formula is C7H9Cl2F2NS2. The minimum absolute atomic E-state index is 0.313. The van der Waals surface area contributed by atoms with E-state index in [-0.39, 0.29) is 6.42 Å². The van der Waals surface area contributed by atoms with Crippen LogP contribution in [0.25, 0.3) is 0 Å². The first kappa shape index (κ1) is 12.7. The fraction of sp³-hybridized carbons (Fsp3) is 0.714. The van der Waals surface area contributed by atoms with Gasteiger partial charge in [0.15, 0.2) is 0 Å². The summed E-state index contributed by atoms with van der Waals surface area (Å²) in [7, 11) is 0. The summed E-state index contributed by atoms with van der Waals surface area (Å²) in [4.78, 5) is 0. The lowest BCUT2D eigenvalue weighted by atomic mass is 10.3. The molecule has 1 rings (SSSR count). The maximum absolute atomic E-state index is 12.2. The number of halogens is 4. The molecule has 1 aliphatic heterocycles. The fourth-order valence-electron chi connectivity index (χ4n) is 0.841. The highest BCUT2D eigenvalue weighted by Gasteiger charge is 2.30. The largest absolute Gasteiger partial charge is 0.355 e. The second-order valence-corrected chi connectivity index (χ2v) is 6.92. The third-order valence-electron chi connectivity index (χ3n) is 1.44. The molecule has 1 N–H and O–H groups in total. The van der Waals surface area contributed by atoms with Crippen LogP contribution in [0.3, 0.4) is 0 Å². The van der Waals surface area contributed by atoms with Crippen molar-refractivity contribution in [3.8, 4) is 0 Å². The summed E-state index contributed by atoms with van der Waals surface area (Å²) in [6, 6.07) is 0. The number of hydrogen-bond acceptors (Lipinski definition) is 3. The van der Waals surface area contributed by atoms with Gasteiger partial charge in [0.25, 0.3) is 0 Å². The Morgan fingerprint density at radius 1 is 1.57 bits per heavy atom. The van der Waals surface area contributed by atoms with Crippen molar-refractivity contribution in [2.24, 2.45) is 0 Å². The molecule has 0 aromatic heterocycles. The first-order valence-electron chi connectivity index (χ1n) is 3.91. The second-order valence-electron chi connectivity index (χ2n) is 2.67. The summed E-state index contributed by atoms with van der Waals surface area (Å²) < 4.78 is 23.8. The highest BCUT2D eigenvalue weighted by molar-refractivity contribution is 8.21. The van der Waals surface area contributed by atoms with Crippen molar-refractivity contribution in [3.05, 3.63) is 11.6 Å². The average Bonchev–Trinajstić information content (AvgIpc) is 2.45. The van der Waals surface area contributed by atoms with E-state index in [9.17, 15) is 8.78 Å². The summed E-state index contributed by atoms with van der Waals surface area (Å²) in [5, 5.41) is 1.66. The monoisotopic (exact) mass is 279 g/mol. The van der Waals surface area contributed by atoms with Crippen molar-refractivity contribution in [3.63, 3.8) is 0 Å². The highest BCUT2D eigenvalue weighted by atomic mass is 35.5. The van der Waals surface area contributed by atoms with E-state index in [2.05, 4.69) is 5.32 Å². The molecule has 82 valence electrons. The van der Waals surface area contributed by atoms with Gasteiger partial charge in [0.1, 0.15) is 0 Å². The van der Waals surface area contributed by atoms with Crippen LogP contribution >= 0.6 is 46.7 Å². The van der Waals surface area contributed by atoms with Crippen LogP contribution in [-0.4, -0.2) is 14.8 Å². The van der Waals surface area contributed by atoms with E-state index in [1.807, 2.05) is 5.41 Å². The van der Waals surface area contributed by atoms with Crippen LogP contribution in [0.15, 0.2) is 11.6 Å². The molecule has 0 aromatic carbocycles. The molecule has 0 amide bonds. The number of hydrogen-bond donors (Lipinski definition) is 1. The molecule has 1 atom stereocenters. The molecule has 14 heavy (non-hydrogen) atoms. The number of rotatable bonds is 5. The van der Waals surface area contributed by atoms with Gasteiger partial charge in [0.05, 0.1) is 0 Å². The van der Waals surface area contributed by atoms with E-state index in [1.165, 1.54) is 23.5 Å². The van der Waals surface area contributed by atoms with Gasteiger partial charge in [-0.25, -0.2) is 0 Å². The quantitative estimate of drug-likeness (QED) is 0.464. The van der Waals surface area contributed by atoms with Crippen LogP contribution in [0, 0.1) is 0 Å². The lowest BCUT2D eigenvalue weighted by Crippen LogP contribution is -2.24. The van der Waals surface area contributed by atoms with Gasteiger partial charge in [-0.2, -0.15) is 8.78 Å². The molecule has 0 fully saturated rings. The van der Waals surface area contributed by atoms with Gasteiger partial charge in [0.2, 0.25) is 3.66 Å². The van der Waals surface area contributed by atoms with Crippen LogP contribution in [0.2, 0.25) is 0 Å². The van der Waals surface area contributed by atoms with Crippen molar-refractivity contribution < 1.29 is 8.78 Å². The van der Waals surface area contributed by atoms with Gasteiger partial charge in [-0.15, -0.1) is 11.8 Å². The van der Waals surface area contributed by atoms with Gasteiger partial charge in [-0.1, -0.05) is 23.4 Å². The Balaban J connectivity index is 2.10. The zero-order valence-corrected chi connectivity index (χ0v) is 10.2. The van der Waals surface area contributed by atoms with E-state index in [0.717, 1.165) is 0 Å². The van der Waals surface area contributed by atoms with E-state index in [4.69, 9.17) is 23.2 Å². The fourth-order valence-corrected chi connectivity index (χ4v) is 3.26. The van der Waals surface area contributed by atoms with E-state index < -0.39 is 9.04 Å². The summed E-state index contributed by atoms with van der Waals surface area (Å²) in [5.41, 5.74) is 0. The highest BCUT2D eigenvalue weighted by Crippen LogP contribution is 2.43. The smallest absolute Gasteiger partial charge is 0.321 e. The molecule has 1 aliphatic rings. The predicted octanol–water partition coefficient (Wildman–Crippen LogP) is 3.99. The summed E-state index contributed by atoms with van der Waals surface area (Å²) in [6.07, 6.45) is 1.77. The summed E-state index contributed by atoms with van der Waals surface area (Å²) in [5.74, 6) is 0.549. The SMILES string of the molecule is FC(F)(Cl)CCCSC1(Cl)NC=CS1. The van der Waals surface area contributed by atoms with Crippen LogP contribution in [-0.2, 0) is 0 Å². The van der Waals surface area contributed by atoms with E-state index in [1.54, 1.807) is 6.20 Å². The topological polar surface area (TPSA) is 12.0 Å². The minimum atomic E-state index is -3.09. The Labute approximate surface area is 100.0 Å². The van der Waals surface area contributed by atoms with Crippen LogP contribution in [0.4, 0.5) is 8.78 Å². The molecule has 0 aliphatic carbocycles. The first-order valence-corrected chi connectivity index (χ1v) is 6.54. The van der Waals surface area contributed by atoms with Gasteiger partial charge < -0.3 is 5.32 Å². The zero-order chi connectivity index (χ0) is 10.7. The number of alkyl halides is 4. The summed E-state index contributed by atoms with van der Waals surface area (Å²) in [6.45, 7) is 0. The Morgan fingerprint density at radius 2 is 2.29 bits per heavy atom. The van der Waals surface area contributed by atoms with Gasteiger partial charge >= 0.3 is 5.38 Å². The Hall–Kier alpha value is 0.680. The molecule has 0 saturated carbocycles. The second kappa shape index (κ2) is 5.14. The lowest BCUT2D eigenvalue weighted by Gasteiger charge is -2.20. The van der Waals surface area contributed by atoms with Gasteiger partial charge in [-0.05, 0) is 29.2 Å². The zero-order valence-electron chi connectivity index (χ0n) is 7.10. The van der Waals surface area contributed by atoms with Gasteiger partial charge in [-0.3, -0.25) is 0 Å². The van der Waals surface area contributed by atoms with Crippen molar-refractivity contribution in [2.75, 3.05) is 5.75 Å². The molecule has 0 spiro atoms. The standard InChI is InChI=1S/C7H9Cl2F2NS2/c8-6(10,11)2-1-4-13-7(9)12-3-5-14-7/h3,5,12H,1-2,4H2. The van der Waals surface area contributed by atoms with Crippen LogP contribution in [0.5, 0.6) is 0 Å². The Morgan fingerprint density at radius 3 is 2.79 bits per heavy atom. The maximum atomic E-state index is 12.2. The van der Waals surface area contributed by atoms with Crippen molar-refractivity contribution >= 4 is 46.7 Å². The maximum Gasteiger partial charge on any atom is 0.321 e. The van der Waals surface area contributed by atoms with Crippen molar-refractivity contribution in [1.29, 1.82) is 0 Å². The molecule has 1 nitrogen and oxygen atoms in total. The average molecular weight is 280 g/mol. The number of thioether (sulfide) groups is 2. The van der Waals surface area contributed by atoms with Crippen LogP contribution in [0.1, 0.15) is 12.8 Å². The van der Waals surface area contributed by atoms with Crippen molar-refractivity contribution in [2.45, 2.75) is 21.9 Å². The molecule has 0 radical (unpaired) electrons. The lowest BCUT2D eigenvalue weighted by molar-refractivity contribution is 0.0857. The third kappa shape index (κ3) is 4.96. The molecule has 1 heterocycles. The van der Waals surface area contributed by atoms with E-state index >= 15 is 0 Å².